The summed E-state index contributed by atoms with van der Waals surface area (Å²) in [7, 11) is 2.04. The second-order valence-electron chi connectivity index (χ2n) is 9.40. The van der Waals surface area contributed by atoms with Gasteiger partial charge in [-0.1, -0.05) is 60.7 Å². The monoisotopic (exact) mass is 479 g/mol. The number of esters is 1. The van der Waals surface area contributed by atoms with Crippen LogP contribution in [0.5, 0.6) is 0 Å². The van der Waals surface area contributed by atoms with Gasteiger partial charge in [0.15, 0.2) is 0 Å². The number of carbonyl (C=O) groups excluding carboxylic acids is 2. The Balaban J connectivity index is 1.54. The Hall–Kier alpha value is -3.58. The minimum atomic E-state index is -1.00. The summed E-state index contributed by atoms with van der Waals surface area (Å²) in [5.41, 5.74) is 6.43. The molecule has 1 unspecified atom stereocenters. The number of rotatable bonds is 8. The van der Waals surface area contributed by atoms with Crippen LogP contribution in [0.1, 0.15) is 27.9 Å². The topological polar surface area (TPSA) is 69.4 Å². The Labute approximate surface area is 203 Å². The van der Waals surface area contributed by atoms with E-state index in [0.29, 0.717) is 17.6 Å². The maximum atomic E-state index is 13.9. The third kappa shape index (κ3) is 4.82. The minimum absolute atomic E-state index is 0.0399. The Morgan fingerprint density at radius 1 is 1.00 bits per heavy atom. The van der Waals surface area contributed by atoms with Crippen molar-refractivity contribution in [1.29, 1.82) is 0 Å². The van der Waals surface area contributed by atoms with Crippen LogP contribution in [0.25, 0.3) is 0 Å². The second kappa shape index (κ2) is 9.96. The van der Waals surface area contributed by atoms with Crippen molar-refractivity contribution in [2.75, 3.05) is 33.3 Å². The van der Waals surface area contributed by atoms with Gasteiger partial charge in [-0.05, 0) is 29.3 Å². The lowest BCUT2D eigenvalue weighted by Gasteiger charge is -2.38. The van der Waals surface area contributed by atoms with Gasteiger partial charge in [-0.25, -0.2) is 13.6 Å². The van der Waals surface area contributed by atoms with E-state index in [9.17, 15) is 18.4 Å². The van der Waals surface area contributed by atoms with Gasteiger partial charge < -0.3 is 15.0 Å². The van der Waals surface area contributed by atoms with Crippen LogP contribution in [0.2, 0.25) is 0 Å². The van der Waals surface area contributed by atoms with Crippen LogP contribution in [0.15, 0.2) is 78.9 Å². The molecular formula is C28H29F2N2O3+. The number of benzene rings is 3. The lowest BCUT2D eigenvalue weighted by molar-refractivity contribution is -0.899. The molecule has 7 heteroatoms. The number of hydrogen-bond donors (Lipinski definition) is 1. The predicted molar refractivity (Wildman–Crippen MR) is 128 cm³/mol. The largest absolute Gasteiger partial charge is 0.456 e. The highest BCUT2D eigenvalue weighted by molar-refractivity contribution is 5.91. The van der Waals surface area contributed by atoms with Crippen LogP contribution in [0.4, 0.5) is 8.78 Å². The first-order chi connectivity index (χ1) is 16.8. The van der Waals surface area contributed by atoms with E-state index < -0.39 is 34.5 Å². The van der Waals surface area contributed by atoms with Gasteiger partial charge in [0.2, 0.25) is 5.91 Å². The number of halogens is 2. The van der Waals surface area contributed by atoms with Crippen molar-refractivity contribution >= 4 is 11.9 Å². The average molecular weight is 480 g/mol. The number of likely N-dealkylation sites (N-methyl/N-ethyl adjacent to an activating group) is 1. The Kier molecular flexibility index (Phi) is 6.98. The molecule has 0 saturated carbocycles. The van der Waals surface area contributed by atoms with E-state index >= 15 is 0 Å². The molecule has 0 spiro atoms. The van der Waals surface area contributed by atoms with Crippen LogP contribution >= 0.6 is 0 Å². The van der Waals surface area contributed by atoms with Crippen LogP contribution in [0, 0.1) is 17.6 Å². The zero-order chi connectivity index (χ0) is 25.1. The van der Waals surface area contributed by atoms with Crippen molar-refractivity contribution in [1.82, 2.24) is 0 Å². The number of nitrogens with zero attached hydrogens (tertiary/aromatic N) is 1. The molecule has 2 atom stereocenters. The van der Waals surface area contributed by atoms with Gasteiger partial charge in [-0.2, -0.15) is 0 Å². The Morgan fingerprint density at radius 3 is 2.17 bits per heavy atom. The molecule has 1 aliphatic heterocycles. The number of amides is 1. The molecule has 35 heavy (non-hydrogen) atoms. The van der Waals surface area contributed by atoms with Crippen molar-refractivity contribution in [3.63, 3.8) is 0 Å². The molecule has 182 valence electrons. The minimum Gasteiger partial charge on any atom is -0.456 e. The first-order valence-electron chi connectivity index (χ1n) is 11.6. The van der Waals surface area contributed by atoms with Crippen molar-refractivity contribution in [3.05, 3.63) is 107 Å². The number of likely N-dealkylation sites (tertiary alicyclic amines) is 1. The van der Waals surface area contributed by atoms with Gasteiger partial charge in [-0.15, -0.1) is 0 Å². The second-order valence-corrected chi connectivity index (χ2v) is 9.40. The van der Waals surface area contributed by atoms with Crippen LogP contribution in [-0.4, -0.2) is 49.6 Å². The number of quaternary nitrogens is 1. The molecular weight excluding hydrogens is 450 g/mol. The third-order valence-corrected chi connectivity index (χ3v) is 7.15. The zero-order valence-corrected chi connectivity index (χ0v) is 19.6. The molecule has 1 aliphatic rings. The normalized spacial score (nSPS) is 19.9. The summed E-state index contributed by atoms with van der Waals surface area (Å²) in [4.78, 5) is 25.5. The molecule has 0 radical (unpaired) electrons. The quantitative estimate of drug-likeness (QED) is 0.391. The van der Waals surface area contributed by atoms with E-state index in [1.807, 2.05) is 67.7 Å². The molecule has 1 heterocycles. The molecule has 3 aromatic carbocycles. The predicted octanol–water partition coefficient (Wildman–Crippen LogP) is 4.06. The van der Waals surface area contributed by atoms with Crippen molar-refractivity contribution in [2.24, 2.45) is 11.7 Å². The fourth-order valence-corrected chi connectivity index (χ4v) is 5.35. The Morgan fingerprint density at radius 2 is 1.60 bits per heavy atom. The number of ether oxygens (including phenoxy) is 1. The van der Waals surface area contributed by atoms with E-state index in [4.69, 9.17) is 10.5 Å². The Bertz CT molecular complexity index is 1160. The SMILES string of the molecule is C[N+]1(CCOC(=O)c2cc(F)ccc2F)CC[C@@H](C(C(N)=O)(c2ccccc2)c2ccccc2)C1. The molecule has 0 aliphatic carbocycles. The zero-order valence-electron chi connectivity index (χ0n) is 19.6. The highest BCUT2D eigenvalue weighted by atomic mass is 19.1. The van der Waals surface area contributed by atoms with Crippen molar-refractivity contribution in [3.8, 4) is 0 Å². The summed E-state index contributed by atoms with van der Waals surface area (Å²) in [5, 5.41) is 0. The summed E-state index contributed by atoms with van der Waals surface area (Å²) >= 11 is 0. The average Bonchev–Trinajstić information content (AvgIpc) is 3.24. The first-order valence-corrected chi connectivity index (χ1v) is 11.6. The maximum absolute atomic E-state index is 13.9. The lowest BCUT2D eigenvalue weighted by Crippen LogP contribution is -2.51. The molecule has 5 nitrogen and oxygen atoms in total. The highest BCUT2D eigenvalue weighted by Gasteiger charge is 2.53. The third-order valence-electron chi connectivity index (χ3n) is 7.15. The van der Waals surface area contributed by atoms with E-state index in [2.05, 4.69) is 0 Å². The van der Waals surface area contributed by atoms with Gasteiger partial charge in [0, 0.05) is 12.3 Å². The van der Waals surface area contributed by atoms with E-state index in [1.165, 1.54) is 0 Å². The fourth-order valence-electron chi connectivity index (χ4n) is 5.35. The van der Waals surface area contributed by atoms with Crippen LogP contribution in [-0.2, 0) is 14.9 Å². The lowest BCUT2D eigenvalue weighted by atomic mass is 9.64. The summed E-state index contributed by atoms with van der Waals surface area (Å²) < 4.78 is 33.1. The van der Waals surface area contributed by atoms with Gasteiger partial charge in [-0.3, -0.25) is 4.79 Å². The van der Waals surface area contributed by atoms with Crippen molar-refractivity contribution in [2.45, 2.75) is 11.8 Å². The van der Waals surface area contributed by atoms with Gasteiger partial charge >= 0.3 is 5.97 Å². The molecule has 2 N–H and O–H groups in total. The smallest absolute Gasteiger partial charge is 0.341 e. The van der Waals surface area contributed by atoms with Gasteiger partial charge in [0.05, 0.1) is 25.7 Å². The number of hydrogen-bond acceptors (Lipinski definition) is 3. The van der Waals surface area contributed by atoms with Crippen molar-refractivity contribution < 1.29 is 27.6 Å². The number of nitrogens with two attached hydrogens (primary N) is 1. The van der Waals surface area contributed by atoms with Crippen LogP contribution < -0.4 is 5.73 Å². The molecule has 1 amide bonds. The summed E-state index contributed by atoms with van der Waals surface area (Å²) in [6, 6.07) is 21.9. The van der Waals surface area contributed by atoms with Gasteiger partial charge in [0.1, 0.15) is 30.2 Å². The van der Waals surface area contributed by atoms with Crippen LogP contribution in [0.3, 0.4) is 0 Å². The summed E-state index contributed by atoms with van der Waals surface area (Å²) in [6.07, 6.45) is 0.746. The molecule has 3 aromatic rings. The summed E-state index contributed by atoms with van der Waals surface area (Å²) in [6.45, 7) is 1.90. The van der Waals surface area contributed by atoms with E-state index in [0.717, 1.165) is 42.3 Å². The fraction of sp³-hybridized carbons (Fsp3) is 0.286. The first kappa shape index (κ1) is 24.5. The highest BCUT2D eigenvalue weighted by Crippen LogP contribution is 2.44. The molecule has 0 aromatic heterocycles. The summed E-state index contributed by atoms with van der Waals surface area (Å²) in [5.74, 6) is -2.91. The maximum Gasteiger partial charge on any atom is 0.341 e. The molecule has 0 bridgehead atoms. The van der Waals surface area contributed by atoms with E-state index in [1.54, 1.807) is 0 Å². The molecule has 1 saturated heterocycles. The van der Waals surface area contributed by atoms with E-state index in [-0.39, 0.29) is 12.5 Å². The molecule has 4 rings (SSSR count). The van der Waals surface area contributed by atoms with Gasteiger partial charge in [0.25, 0.3) is 0 Å². The molecule has 1 fully saturated rings. The number of primary amides is 1. The standard InChI is InChI=1S/C28H28F2N2O3/c1-32(16-17-35-26(33)24-18-23(29)12-13-25(24)30)15-14-22(19-32)28(27(31)34,20-8-4-2-5-9-20)21-10-6-3-7-11-21/h2-13,18,22H,14-17,19H2,1H3,(H-,31,34)/p+1/t22-,32?/m1/s1. The number of carbonyl (C=O) groups is 2.